The van der Waals surface area contributed by atoms with Crippen molar-refractivity contribution in [3.05, 3.63) is 15.6 Å². The van der Waals surface area contributed by atoms with Gasteiger partial charge in [-0.3, -0.25) is 4.90 Å². The van der Waals surface area contributed by atoms with Gasteiger partial charge in [0.1, 0.15) is 16.0 Å². The number of thiazole rings is 1. The lowest BCUT2D eigenvalue weighted by molar-refractivity contribution is 0.276. The molecular weight excluding hydrogens is 254 g/mol. The van der Waals surface area contributed by atoms with Crippen LogP contribution in [0.5, 0.6) is 0 Å². The standard InChI is InChI=1S/C15H23N3S/c1-15(2,3)14-12(10-16)19-13(17-14)11-18-8-6-4-5-7-9-18/h4-9,11H2,1-3H3. The molecule has 1 aromatic heterocycles. The van der Waals surface area contributed by atoms with Gasteiger partial charge in [0.25, 0.3) is 0 Å². The summed E-state index contributed by atoms with van der Waals surface area (Å²) in [7, 11) is 0. The van der Waals surface area contributed by atoms with Gasteiger partial charge in [-0.2, -0.15) is 5.26 Å². The number of aromatic nitrogens is 1. The topological polar surface area (TPSA) is 39.9 Å². The predicted molar refractivity (Wildman–Crippen MR) is 79.3 cm³/mol. The van der Waals surface area contributed by atoms with Crippen molar-refractivity contribution in [3.63, 3.8) is 0 Å². The third-order valence-corrected chi connectivity index (χ3v) is 4.49. The second kappa shape index (κ2) is 6.02. The minimum atomic E-state index is -0.0431. The normalized spacial score (nSPS) is 18.0. The van der Waals surface area contributed by atoms with Crippen molar-refractivity contribution in [1.29, 1.82) is 5.26 Å². The van der Waals surface area contributed by atoms with Crippen LogP contribution in [0.3, 0.4) is 0 Å². The second-order valence-corrected chi connectivity index (χ2v) is 7.42. The van der Waals surface area contributed by atoms with Crippen LogP contribution in [0.4, 0.5) is 0 Å². The molecule has 3 nitrogen and oxygen atoms in total. The molecule has 0 aliphatic carbocycles. The summed E-state index contributed by atoms with van der Waals surface area (Å²) in [5, 5.41) is 10.4. The summed E-state index contributed by atoms with van der Waals surface area (Å²) in [5.74, 6) is 0. The van der Waals surface area contributed by atoms with E-state index in [9.17, 15) is 5.26 Å². The van der Waals surface area contributed by atoms with Gasteiger partial charge < -0.3 is 0 Å². The number of nitrogens with zero attached hydrogens (tertiary/aromatic N) is 3. The van der Waals surface area contributed by atoms with Crippen LogP contribution in [0.15, 0.2) is 0 Å². The quantitative estimate of drug-likeness (QED) is 0.827. The summed E-state index contributed by atoms with van der Waals surface area (Å²) in [4.78, 5) is 8.01. The van der Waals surface area contributed by atoms with Crippen molar-refractivity contribution in [2.75, 3.05) is 13.1 Å². The Bertz CT molecular complexity index is 457. The molecule has 0 unspecified atom stereocenters. The SMILES string of the molecule is CC(C)(C)c1nc(CN2CCCCCC2)sc1C#N. The first kappa shape index (κ1) is 14.5. The fraction of sp³-hybridized carbons (Fsp3) is 0.733. The van der Waals surface area contributed by atoms with E-state index in [0.717, 1.165) is 22.1 Å². The van der Waals surface area contributed by atoms with Gasteiger partial charge in [0.2, 0.25) is 0 Å². The number of likely N-dealkylation sites (tertiary alicyclic amines) is 1. The molecule has 0 radical (unpaired) electrons. The fourth-order valence-corrected chi connectivity index (χ4v) is 3.62. The molecule has 0 spiro atoms. The average Bonchev–Trinajstić information content (AvgIpc) is 2.59. The molecule has 1 aliphatic rings. The van der Waals surface area contributed by atoms with E-state index in [1.54, 1.807) is 11.3 Å². The van der Waals surface area contributed by atoms with Gasteiger partial charge in [-0.1, -0.05) is 33.6 Å². The molecule has 0 bridgehead atoms. The van der Waals surface area contributed by atoms with Crippen molar-refractivity contribution in [2.45, 2.75) is 58.4 Å². The lowest BCUT2D eigenvalue weighted by Gasteiger charge is -2.18. The van der Waals surface area contributed by atoms with Crippen LogP contribution < -0.4 is 0 Å². The second-order valence-electron chi connectivity index (χ2n) is 6.34. The number of hydrogen-bond donors (Lipinski definition) is 0. The highest BCUT2D eigenvalue weighted by Gasteiger charge is 2.24. The Balaban J connectivity index is 2.13. The van der Waals surface area contributed by atoms with Crippen molar-refractivity contribution >= 4 is 11.3 Å². The molecule has 1 saturated heterocycles. The first-order valence-corrected chi connectivity index (χ1v) is 7.95. The maximum Gasteiger partial charge on any atom is 0.128 e. The summed E-state index contributed by atoms with van der Waals surface area (Å²) in [6, 6.07) is 2.31. The Kier molecular flexibility index (Phi) is 4.59. The molecule has 4 heteroatoms. The van der Waals surface area contributed by atoms with E-state index in [1.165, 1.54) is 38.8 Å². The van der Waals surface area contributed by atoms with E-state index in [4.69, 9.17) is 4.98 Å². The zero-order valence-corrected chi connectivity index (χ0v) is 13.0. The largest absolute Gasteiger partial charge is 0.297 e. The first-order chi connectivity index (χ1) is 9.00. The van der Waals surface area contributed by atoms with Crippen LogP contribution in [-0.4, -0.2) is 23.0 Å². The highest BCUT2D eigenvalue weighted by atomic mass is 32.1. The zero-order valence-electron chi connectivity index (χ0n) is 12.2. The number of rotatable bonds is 2. The monoisotopic (exact) mass is 277 g/mol. The Morgan fingerprint density at radius 1 is 1.21 bits per heavy atom. The molecule has 0 amide bonds. The minimum absolute atomic E-state index is 0.0431. The van der Waals surface area contributed by atoms with E-state index in [2.05, 4.69) is 31.7 Å². The molecular formula is C15H23N3S. The molecule has 2 rings (SSSR count). The van der Waals surface area contributed by atoms with E-state index in [1.807, 2.05) is 0 Å². The molecule has 0 aromatic carbocycles. The Morgan fingerprint density at radius 2 is 1.84 bits per heavy atom. The highest BCUT2D eigenvalue weighted by molar-refractivity contribution is 7.12. The van der Waals surface area contributed by atoms with Gasteiger partial charge in [-0.15, -0.1) is 11.3 Å². The van der Waals surface area contributed by atoms with Crippen molar-refractivity contribution in [1.82, 2.24) is 9.88 Å². The van der Waals surface area contributed by atoms with Crippen LogP contribution in [0.2, 0.25) is 0 Å². The van der Waals surface area contributed by atoms with Gasteiger partial charge in [0.05, 0.1) is 12.2 Å². The van der Waals surface area contributed by atoms with Crippen LogP contribution in [0, 0.1) is 11.3 Å². The summed E-state index contributed by atoms with van der Waals surface area (Å²) in [6.07, 6.45) is 5.29. The molecule has 1 aromatic rings. The van der Waals surface area contributed by atoms with E-state index in [-0.39, 0.29) is 5.41 Å². The van der Waals surface area contributed by atoms with E-state index >= 15 is 0 Å². The van der Waals surface area contributed by atoms with Gasteiger partial charge >= 0.3 is 0 Å². The lowest BCUT2D eigenvalue weighted by atomic mass is 9.91. The smallest absolute Gasteiger partial charge is 0.128 e. The van der Waals surface area contributed by atoms with Crippen molar-refractivity contribution < 1.29 is 0 Å². The van der Waals surface area contributed by atoms with Gasteiger partial charge in [0.15, 0.2) is 0 Å². The molecule has 0 atom stereocenters. The third-order valence-electron chi connectivity index (χ3n) is 3.54. The zero-order chi connectivity index (χ0) is 13.9. The lowest BCUT2D eigenvalue weighted by Crippen LogP contribution is -2.24. The summed E-state index contributed by atoms with van der Waals surface area (Å²) in [6.45, 7) is 9.63. The molecule has 19 heavy (non-hydrogen) atoms. The average molecular weight is 277 g/mol. The Morgan fingerprint density at radius 3 is 2.32 bits per heavy atom. The predicted octanol–water partition coefficient (Wildman–Crippen LogP) is 3.69. The van der Waals surface area contributed by atoms with Gasteiger partial charge in [-0.05, 0) is 25.9 Å². The molecule has 1 aliphatic heterocycles. The fourth-order valence-electron chi connectivity index (χ4n) is 2.50. The van der Waals surface area contributed by atoms with Crippen LogP contribution in [0.25, 0.3) is 0 Å². The maximum absolute atomic E-state index is 9.25. The van der Waals surface area contributed by atoms with Crippen LogP contribution in [0.1, 0.15) is 62.0 Å². The molecule has 1 fully saturated rings. The van der Waals surface area contributed by atoms with Crippen LogP contribution >= 0.6 is 11.3 Å². The Labute approximate surface area is 120 Å². The van der Waals surface area contributed by atoms with Gasteiger partial charge in [-0.25, -0.2) is 4.98 Å². The molecule has 0 N–H and O–H groups in total. The third kappa shape index (κ3) is 3.77. The van der Waals surface area contributed by atoms with Gasteiger partial charge in [0, 0.05) is 5.41 Å². The number of hydrogen-bond acceptors (Lipinski definition) is 4. The van der Waals surface area contributed by atoms with Crippen molar-refractivity contribution in [3.8, 4) is 6.07 Å². The first-order valence-electron chi connectivity index (χ1n) is 7.13. The minimum Gasteiger partial charge on any atom is -0.297 e. The van der Waals surface area contributed by atoms with Crippen LogP contribution in [-0.2, 0) is 12.0 Å². The number of nitriles is 1. The van der Waals surface area contributed by atoms with E-state index in [0.29, 0.717) is 0 Å². The Hall–Kier alpha value is -0.920. The summed E-state index contributed by atoms with van der Waals surface area (Å²) >= 11 is 1.57. The molecule has 0 saturated carbocycles. The molecule has 2 heterocycles. The molecule has 104 valence electrons. The maximum atomic E-state index is 9.25. The van der Waals surface area contributed by atoms with E-state index < -0.39 is 0 Å². The highest BCUT2D eigenvalue weighted by Crippen LogP contribution is 2.29. The van der Waals surface area contributed by atoms with Crippen molar-refractivity contribution in [2.24, 2.45) is 0 Å². The summed E-state index contributed by atoms with van der Waals surface area (Å²) in [5.41, 5.74) is 0.920. The summed E-state index contributed by atoms with van der Waals surface area (Å²) < 4.78 is 0.